The molecule has 0 aromatic heterocycles. The smallest absolute Gasteiger partial charge is 0.434 e. The molecule has 0 bridgehead atoms. The monoisotopic (exact) mass is 940 g/mol. The Bertz CT molecular complexity index is 1480. The van der Waals surface area contributed by atoms with Gasteiger partial charge in [-0.3, -0.25) is 9.59 Å². The van der Waals surface area contributed by atoms with E-state index in [2.05, 4.69) is 14.2 Å². The Balaban J connectivity index is 0.00000118. The second-order valence-corrected chi connectivity index (χ2v) is 15.3. The predicted octanol–water partition coefficient (Wildman–Crippen LogP) is 8.78. The van der Waals surface area contributed by atoms with Gasteiger partial charge in [-0.25, -0.2) is 9.59 Å². The fourth-order valence-electron chi connectivity index (χ4n) is 4.88. The van der Waals surface area contributed by atoms with Gasteiger partial charge >= 0.3 is 60.9 Å². The maximum atomic E-state index is 13.3. The molecule has 1 aliphatic carbocycles. The number of hydrogen-bond donors (Lipinski definition) is 2. The molecular weight excluding hydrogens is 898 g/mol. The summed E-state index contributed by atoms with van der Waals surface area (Å²) in [6, 6.07) is 0. The molecule has 1 rings (SSSR count). The Kier molecular flexibility index (Phi) is 18.0. The van der Waals surface area contributed by atoms with Crippen molar-refractivity contribution in [2.24, 2.45) is 22.7 Å². The molecule has 6 unspecified atom stereocenters. The van der Waals surface area contributed by atoms with E-state index in [0.29, 0.717) is 0 Å². The standard InChI is InChI=1S/C18H25F9O4.C15H17F9O6/c1-5-13(2,3)12(28)31-11-7-9(14(4,29)16(19,20)21)6-10(8-11)15(30,17(22,23)24)18(25,26)27;1-5-12(3,4)11(27)29-7(8(25)28-6(2)13(16,17)18)9(26)30-10(14(19,20)21)15(22,23)24/h9-11,29-30H,5-8H2,1-4H3;6-7,10H,5H2,1-4H3. The van der Waals surface area contributed by atoms with Crippen LogP contribution in [0.15, 0.2) is 0 Å². The molecule has 1 aliphatic rings. The molecule has 0 aromatic carbocycles. The number of ether oxygens (including phenoxy) is 4. The first kappa shape index (κ1) is 57.5. The lowest BCUT2D eigenvalue weighted by Gasteiger charge is -2.47. The molecular formula is C33H42F18O10. The fraction of sp³-hybridized carbons (Fsp3) is 0.879. The first-order valence-corrected chi connectivity index (χ1v) is 17.3. The molecule has 1 saturated carbocycles. The Morgan fingerprint density at radius 3 is 1.26 bits per heavy atom. The zero-order valence-electron chi connectivity index (χ0n) is 33.0. The highest BCUT2D eigenvalue weighted by atomic mass is 19.4. The summed E-state index contributed by atoms with van der Waals surface area (Å²) in [7, 11) is 0. The van der Waals surface area contributed by atoms with Gasteiger partial charge in [-0.15, -0.1) is 0 Å². The zero-order valence-corrected chi connectivity index (χ0v) is 33.0. The molecule has 1 fully saturated rings. The minimum Gasteiger partial charge on any atom is -0.462 e. The summed E-state index contributed by atoms with van der Waals surface area (Å²) in [6.07, 6.45) is -51.6. The third-order valence-electron chi connectivity index (χ3n) is 9.87. The van der Waals surface area contributed by atoms with Crippen LogP contribution in [-0.2, 0) is 38.1 Å². The molecule has 0 heterocycles. The topological polar surface area (TPSA) is 146 Å². The highest BCUT2D eigenvalue weighted by Gasteiger charge is 2.75. The molecule has 6 atom stereocenters. The molecule has 0 aliphatic heterocycles. The molecule has 28 heteroatoms. The second kappa shape index (κ2) is 19.1. The quantitative estimate of drug-likeness (QED) is 0.0843. The first-order valence-electron chi connectivity index (χ1n) is 17.3. The highest BCUT2D eigenvalue weighted by molar-refractivity contribution is 6.00. The normalized spacial score (nSPS) is 21.0. The first-order chi connectivity index (χ1) is 26.7. The van der Waals surface area contributed by atoms with Crippen molar-refractivity contribution in [2.75, 3.05) is 0 Å². The number of aliphatic hydroxyl groups is 2. The number of carbonyl (C=O) groups excluding carboxylic acids is 4. The van der Waals surface area contributed by atoms with Crippen molar-refractivity contribution >= 4 is 23.9 Å². The van der Waals surface area contributed by atoms with Crippen molar-refractivity contribution in [3.8, 4) is 0 Å². The van der Waals surface area contributed by atoms with Gasteiger partial charge in [-0.2, -0.15) is 79.0 Å². The summed E-state index contributed by atoms with van der Waals surface area (Å²) in [4.78, 5) is 47.8. The number of esters is 4. The number of alkyl halides is 18. The molecule has 360 valence electrons. The van der Waals surface area contributed by atoms with Gasteiger partial charge in [0.05, 0.1) is 10.8 Å². The summed E-state index contributed by atoms with van der Waals surface area (Å²) in [6.45, 7) is 8.49. The molecule has 2 N–H and O–H groups in total. The lowest BCUT2D eigenvalue weighted by atomic mass is 9.66. The summed E-state index contributed by atoms with van der Waals surface area (Å²) >= 11 is 0. The van der Waals surface area contributed by atoms with Crippen LogP contribution < -0.4 is 0 Å². The van der Waals surface area contributed by atoms with Gasteiger partial charge in [0.2, 0.25) is 0 Å². The predicted molar refractivity (Wildman–Crippen MR) is 166 cm³/mol. The van der Waals surface area contributed by atoms with Crippen LogP contribution in [0, 0.1) is 22.7 Å². The Morgan fingerprint density at radius 2 is 0.918 bits per heavy atom. The third kappa shape index (κ3) is 14.5. The van der Waals surface area contributed by atoms with Gasteiger partial charge in [0, 0.05) is 11.8 Å². The maximum Gasteiger partial charge on any atom is 0.434 e. The van der Waals surface area contributed by atoms with Crippen molar-refractivity contribution < 1.29 is 127 Å². The van der Waals surface area contributed by atoms with E-state index >= 15 is 0 Å². The van der Waals surface area contributed by atoms with Crippen LogP contribution in [0.25, 0.3) is 0 Å². The van der Waals surface area contributed by atoms with Crippen LogP contribution in [0.1, 0.15) is 87.5 Å². The van der Waals surface area contributed by atoms with E-state index in [-0.39, 0.29) is 26.7 Å². The minimum absolute atomic E-state index is 0.0463. The second-order valence-electron chi connectivity index (χ2n) is 15.3. The van der Waals surface area contributed by atoms with Crippen molar-refractivity contribution in [3.05, 3.63) is 0 Å². The average molecular weight is 941 g/mol. The molecule has 0 aromatic rings. The molecule has 0 radical (unpaired) electrons. The molecule has 0 spiro atoms. The van der Waals surface area contributed by atoms with Crippen LogP contribution in [0.3, 0.4) is 0 Å². The van der Waals surface area contributed by atoms with E-state index in [1.165, 1.54) is 20.8 Å². The molecule has 0 saturated heterocycles. The molecule has 10 nitrogen and oxygen atoms in total. The van der Waals surface area contributed by atoms with E-state index in [0.717, 1.165) is 13.8 Å². The zero-order chi connectivity index (χ0) is 49.1. The minimum atomic E-state index is -6.28. The van der Waals surface area contributed by atoms with Crippen LogP contribution >= 0.6 is 0 Å². The van der Waals surface area contributed by atoms with E-state index in [9.17, 15) is 108 Å². The van der Waals surface area contributed by atoms with Crippen LogP contribution in [0.5, 0.6) is 0 Å². The van der Waals surface area contributed by atoms with E-state index in [1.54, 1.807) is 6.92 Å². The van der Waals surface area contributed by atoms with Crippen molar-refractivity contribution in [1.82, 2.24) is 0 Å². The maximum absolute atomic E-state index is 13.3. The largest absolute Gasteiger partial charge is 0.462 e. The van der Waals surface area contributed by atoms with Crippen LogP contribution in [0.2, 0.25) is 0 Å². The lowest BCUT2D eigenvalue weighted by Crippen LogP contribution is -2.64. The number of carbonyl (C=O) groups is 4. The van der Waals surface area contributed by atoms with Gasteiger partial charge in [-0.05, 0) is 73.6 Å². The van der Waals surface area contributed by atoms with E-state index in [1.807, 2.05) is 0 Å². The molecule has 0 amide bonds. The van der Waals surface area contributed by atoms with Crippen LogP contribution in [0.4, 0.5) is 79.0 Å². The summed E-state index contributed by atoms with van der Waals surface area (Å²) in [5.41, 5.74) is -11.8. The summed E-state index contributed by atoms with van der Waals surface area (Å²) in [5.74, 6) is -12.7. The van der Waals surface area contributed by atoms with Gasteiger partial charge < -0.3 is 29.2 Å². The number of rotatable bonds is 12. The van der Waals surface area contributed by atoms with E-state index < -0.39 is 138 Å². The number of hydrogen-bond acceptors (Lipinski definition) is 10. The fourth-order valence-corrected chi connectivity index (χ4v) is 4.88. The van der Waals surface area contributed by atoms with Gasteiger partial charge in [-0.1, -0.05) is 13.8 Å². The number of halogens is 18. The average Bonchev–Trinajstić information content (AvgIpc) is 3.05. The van der Waals surface area contributed by atoms with Crippen LogP contribution in [-0.4, -0.2) is 107 Å². The van der Waals surface area contributed by atoms with Gasteiger partial charge in [0.15, 0.2) is 11.7 Å². The lowest BCUT2D eigenvalue weighted by molar-refractivity contribution is -0.391. The van der Waals surface area contributed by atoms with Crippen molar-refractivity contribution in [1.29, 1.82) is 0 Å². The summed E-state index contributed by atoms with van der Waals surface area (Å²) < 4.78 is 249. The summed E-state index contributed by atoms with van der Waals surface area (Å²) in [5, 5.41) is 19.6. The SMILES string of the molecule is CCC(C)(C)C(=O)OC(C(=O)OC(C)C(F)(F)F)C(=O)OC(C(F)(F)F)C(F)(F)F.CCC(C)(C)C(=O)OC1CC(C(C)(O)C(F)(F)F)CC(C(O)(C(F)(F)F)C(F)(F)F)C1. The van der Waals surface area contributed by atoms with Crippen molar-refractivity contribution in [2.45, 2.75) is 160 Å². The van der Waals surface area contributed by atoms with Crippen molar-refractivity contribution in [3.63, 3.8) is 0 Å². The molecule has 61 heavy (non-hydrogen) atoms. The van der Waals surface area contributed by atoms with E-state index in [4.69, 9.17) is 4.74 Å². The Morgan fingerprint density at radius 1 is 0.541 bits per heavy atom. The van der Waals surface area contributed by atoms with Gasteiger partial charge in [0.1, 0.15) is 6.10 Å². The third-order valence-corrected chi connectivity index (χ3v) is 9.87. The van der Waals surface area contributed by atoms with Gasteiger partial charge in [0.25, 0.3) is 17.8 Å². The highest BCUT2D eigenvalue weighted by Crippen LogP contribution is 2.55. The Labute approximate surface area is 334 Å². The Hall–Kier alpha value is -3.46.